The number of likely N-dealkylation sites (tertiary alicyclic amines) is 1. The van der Waals surface area contributed by atoms with E-state index in [0.717, 1.165) is 17.8 Å². The molecule has 2 unspecified atom stereocenters. The molecule has 1 N–H and O–H groups in total. The zero-order chi connectivity index (χ0) is 15.7. The maximum Gasteiger partial charge on any atom is 0.123 e. The van der Waals surface area contributed by atoms with Gasteiger partial charge in [0.1, 0.15) is 5.82 Å². The molecule has 2 heterocycles. The van der Waals surface area contributed by atoms with Crippen molar-refractivity contribution in [2.24, 2.45) is 0 Å². The van der Waals surface area contributed by atoms with Crippen LogP contribution >= 0.6 is 0 Å². The van der Waals surface area contributed by atoms with E-state index in [9.17, 15) is 9.50 Å². The summed E-state index contributed by atoms with van der Waals surface area (Å²) in [6, 6.07) is 9.03. The van der Waals surface area contributed by atoms with Gasteiger partial charge in [0.05, 0.1) is 11.8 Å². The fourth-order valence-electron chi connectivity index (χ4n) is 3.23. The van der Waals surface area contributed by atoms with Crippen LogP contribution in [0, 0.1) is 5.82 Å². The standard InChI is InChI=1S/C17H22FN3O/c1-12(2)21-15(7-8-19-21)10-20-11-16(22)9-17(20)13-3-5-14(18)6-4-13/h3-8,12,16-17,22H,9-11H2,1-2H3. The molecule has 22 heavy (non-hydrogen) atoms. The summed E-state index contributed by atoms with van der Waals surface area (Å²) in [7, 11) is 0. The number of benzene rings is 1. The fraction of sp³-hybridized carbons (Fsp3) is 0.471. The van der Waals surface area contributed by atoms with Gasteiger partial charge in [-0.2, -0.15) is 5.10 Å². The average Bonchev–Trinajstić information content (AvgIpc) is 3.07. The zero-order valence-electron chi connectivity index (χ0n) is 13.0. The maximum absolute atomic E-state index is 13.1. The molecular weight excluding hydrogens is 281 g/mol. The Labute approximate surface area is 130 Å². The van der Waals surface area contributed by atoms with Gasteiger partial charge in [-0.3, -0.25) is 9.58 Å². The molecule has 2 aromatic rings. The smallest absolute Gasteiger partial charge is 0.123 e. The number of hydrogen-bond donors (Lipinski definition) is 1. The Morgan fingerprint density at radius 1 is 1.27 bits per heavy atom. The summed E-state index contributed by atoms with van der Waals surface area (Å²) in [5.41, 5.74) is 2.18. The highest BCUT2D eigenvalue weighted by molar-refractivity contribution is 5.22. The van der Waals surface area contributed by atoms with Gasteiger partial charge in [-0.25, -0.2) is 4.39 Å². The minimum absolute atomic E-state index is 0.117. The summed E-state index contributed by atoms with van der Waals surface area (Å²) in [6.07, 6.45) is 2.15. The summed E-state index contributed by atoms with van der Waals surface area (Å²) in [5.74, 6) is -0.230. The summed E-state index contributed by atoms with van der Waals surface area (Å²) >= 11 is 0. The monoisotopic (exact) mass is 303 g/mol. The highest BCUT2D eigenvalue weighted by Gasteiger charge is 2.32. The van der Waals surface area contributed by atoms with Crippen molar-refractivity contribution in [1.29, 1.82) is 0 Å². The van der Waals surface area contributed by atoms with Crippen LogP contribution in [0.2, 0.25) is 0 Å². The molecule has 5 heteroatoms. The average molecular weight is 303 g/mol. The molecule has 0 amide bonds. The largest absolute Gasteiger partial charge is 0.392 e. The van der Waals surface area contributed by atoms with Gasteiger partial charge in [0.15, 0.2) is 0 Å². The first-order chi connectivity index (χ1) is 10.5. The van der Waals surface area contributed by atoms with Crippen LogP contribution in [0.5, 0.6) is 0 Å². The van der Waals surface area contributed by atoms with Gasteiger partial charge in [-0.05, 0) is 44.0 Å². The van der Waals surface area contributed by atoms with Crippen LogP contribution in [0.25, 0.3) is 0 Å². The number of nitrogens with zero attached hydrogens (tertiary/aromatic N) is 3. The molecule has 1 aromatic heterocycles. The molecule has 0 radical (unpaired) electrons. The number of hydrogen-bond acceptors (Lipinski definition) is 3. The summed E-state index contributed by atoms with van der Waals surface area (Å²) in [6.45, 7) is 5.57. The first kappa shape index (κ1) is 15.2. The van der Waals surface area contributed by atoms with Crippen LogP contribution in [0.4, 0.5) is 4.39 Å². The molecule has 0 spiro atoms. The van der Waals surface area contributed by atoms with E-state index in [1.54, 1.807) is 0 Å². The SMILES string of the molecule is CC(C)n1nccc1CN1CC(O)CC1c1ccc(F)cc1. The van der Waals surface area contributed by atoms with E-state index in [2.05, 4.69) is 23.8 Å². The van der Waals surface area contributed by atoms with Crippen LogP contribution in [0.1, 0.15) is 43.6 Å². The predicted molar refractivity (Wildman–Crippen MR) is 82.8 cm³/mol. The Balaban J connectivity index is 1.81. The van der Waals surface area contributed by atoms with Crippen LogP contribution in [0.3, 0.4) is 0 Å². The molecule has 1 aromatic carbocycles. The lowest BCUT2D eigenvalue weighted by atomic mass is 10.0. The molecule has 0 aliphatic carbocycles. The van der Waals surface area contributed by atoms with E-state index in [1.807, 2.05) is 29.1 Å². The van der Waals surface area contributed by atoms with Crippen LogP contribution < -0.4 is 0 Å². The second-order valence-electron chi connectivity index (χ2n) is 6.25. The van der Waals surface area contributed by atoms with E-state index in [1.165, 1.54) is 12.1 Å². The number of β-amino-alcohol motifs (C(OH)–C–C–N with tert-alkyl or cyclic N) is 1. The Bertz CT molecular complexity index is 623. The molecule has 1 saturated heterocycles. The van der Waals surface area contributed by atoms with Gasteiger partial charge in [0, 0.05) is 31.4 Å². The molecule has 0 saturated carbocycles. The zero-order valence-corrected chi connectivity index (χ0v) is 13.0. The van der Waals surface area contributed by atoms with Crippen molar-refractivity contribution in [2.45, 2.75) is 45.0 Å². The Hall–Kier alpha value is -1.72. The molecule has 1 aliphatic heterocycles. The molecule has 4 nitrogen and oxygen atoms in total. The lowest BCUT2D eigenvalue weighted by Gasteiger charge is -2.25. The molecule has 1 aliphatic rings. The van der Waals surface area contributed by atoms with Crippen molar-refractivity contribution in [3.8, 4) is 0 Å². The van der Waals surface area contributed by atoms with Crippen molar-refractivity contribution < 1.29 is 9.50 Å². The summed E-state index contributed by atoms with van der Waals surface area (Å²) in [5, 5.41) is 14.4. The van der Waals surface area contributed by atoms with Crippen molar-refractivity contribution in [1.82, 2.24) is 14.7 Å². The van der Waals surface area contributed by atoms with Crippen molar-refractivity contribution in [3.63, 3.8) is 0 Å². The Kier molecular flexibility index (Phi) is 4.27. The normalized spacial score (nSPS) is 22.6. The molecule has 118 valence electrons. The molecule has 3 rings (SSSR count). The van der Waals surface area contributed by atoms with Gasteiger partial charge in [0.2, 0.25) is 0 Å². The third-order valence-electron chi connectivity index (χ3n) is 4.24. The number of aromatic nitrogens is 2. The Morgan fingerprint density at radius 2 is 2.00 bits per heavy atom. The molecular formula is C17H22FN3O. The summed E-state index contributed by atoms with van der Waals surface area (Å²) in [4.78, 5) is 2.24. The van der Waals surface area contributed by atoms with Crippen LogP contribution in [-0.2, 0) is 6.54 Å². The number of halogens is 1. The third-order valence-corrected chi connectivity index (χ3v) is 4.24. The topological polar surface area (TPSA) is 41.3 Å². The quantitative estimate of drug-likeness (QED) is 0.944. The second kappa shape index (κ2) is 6.18. The highest BCUT2D eigenvalue weighted by Crippen LogP contribution is 2.33. The lowest BCUT2D eigenvalue weighted by Crippen LogP contribution is -2.26. The second-order valence-corrected chi connectivity index (χ2v) is 6.25. The Morgan fingerprint density at radius 3 is 2.68 bits per heavy atom. The molecule has 0 bridgehead atoms. The van der Waals surface area contributed by atoms with Gasteiger partial charge in [-0.1, -0.05) is 12.1 Å². The van der Waals surface area contributed by atoms with E-state index >= 15 is 0 Å². The van der Waals surface area contributed by atoms with E-state index < -0.39 is 0 Å². The van der Waals surface area contributed by atoms with E-state index in [0.29, 0.717) is 19.0 Å². The van der Waals surface area contributed by atoms with Crippen molar-refractivity contribution in [3.05, 3.63) is 53.6 Å². The molecule has 1 fully saturated rings. The first-order valence-electron chi connectivity index (χ1n) is 7.74. The predicted octanol–water partition coefficient (Wildman–Crippen LogP) is 2.91. The van der Waals surface area contributed by atoms with Crippen molar-refractivity contribution in [2.75, 3.05) is 6.54 Å². The minimum atomic E-state index is -0.342. The van der Waals surface area contributed by atoms with Crippen molar-refractivity contribution >= 4 is 0 Å². The van der Waals surface area contributed by atoms with Crippen LogP contribution in [0.15, 0.2) is 36.5 Å². The van der Waals surface area contributed by atoms with Gasteiger partial charge >= 0.3 is 0 Å². The third kappa shape index (κ3) is 3.05. The van der Waals surface area contributed by atoms with Gasteiger partial charge in [-0.15, -0.1) is 0 Å². The van der Waals surface area contributed by atoms with E-state index in [-0.39, 0.29) is 18.0 Å². The van der Waals surface area contributed by atoms with E-state index in [4.69, 9.17) is 0 Å². The van der Waals surface area contributed by atoms with Crippen LogP contribution in [-0.4, -0.2) is 32.4 Å². The molecule has 2 atom stereocenters. The minimum Gasteiger partial charge on any atom is -0.392 e. The lowest BCUT2D eigenvalue weighted by molar-refractivity contribution is 0.171. The number of rotatable bonds is 4. The van der Waals surface area contributed by atoms with Gasteiger partial charge in [0.25, 0.3) is 0 Å². The van der Waals surface area contributed by atoms with Gasteiger partial charge < -0.3 is 5.11 Å². The number of aliphatic hydroxyl groups is 1. The highest BCUT2D eigenvalue weighted by atomic mass is 19.1. The summed E-state index contributed by atoms with van der Waals surface area (Å²) < 4.78 is 15.1. The number of aliphatic hydroxyl groups excluding tert-OH is 1. The first-order valence-corrected chi connectivity index (χ1v) is 7.74. The maximum atomic E-state index is 13.1. The fourth-order valence-corrected chi connectivity index (χ4v) is 3.23.